The molecule has 4 atom stereocenters. The third-order valence-corrected chi connectivity index (χ3v) is 6.02. The molecule has 1 saturated heterocycles. The largest absolute Gasteiger partial charge is 0.496 e. The third kappa shape index (κ3) is 2.82. The van der Waals surface area contributed by atoms with Gasteiger partial charge < -0.3 is 20.1 Å². The first-order valence-electron chi connectivity index (χ1n) is 9.76. The fraction of sp³-hybridized carbons (Fsp3) is 0.571. The standard InChI is InChI=1S/C21H29N3O3/c1-10(2)6-16-19-14(8-17-20(25)22-12(4)21(26)24(16)17)13-7-11(3)18(27-5)9-15(13)23-19/h7,9-10,12,16-17,21,23,26H,6,8H2,1-5H3,(H,22,25). The number of fused-ring (bicyclic) bond motifs is 4. The summed E-state index contributed by atoms with van der Waals surface area (Å²) in [6, 6.07) is 3.55. The Balaban J connectivity index is 1.90. The molecule has 0 bridgehead atoms. The number of amides is 1. The van der Waals surface area contributed by atoms with Crippen molar-refractivity contribution in [2.24, 2.45) is 5.92 Å². The van der Waals surface area contributed by atoms with Gasteiger partial charge in [0, 0.05) is 22.7 Å². The minimum atomic E-state index is -0.688. The molecule has 3 heterocycles. The first kappa shape index (κ1) is 18.3. The smallest absolute Gasteiger partial charge is 0.238 e. The van der Waals surface area contributed by atoms with E-state index in [1.54, 1.807) is 7.11 Å². The number of aliphatic hydroxyl groups is 1. The van der Waals surface area contributed by atoms with Gasteiger partial charge in [-0.3, -0.25) is 9.69 Å². The van der Waals surface area contributed by atoms with Gasteiger partial charge in [0.25, 0.3) is 0 Å². The molecule has 1 amide bonds. The van der Waals surface area contributed by atoms with Crippen molar-refractivity contribution in [3.05, 3.63) is 29.0 Å². The number of nitrogens with one attached hydrogen (secondary N) is 2. The summed E-state index contributed by atoms with van der Waals surface area (Å²) in [5, 5.41) is 15.0. The highest BCUT2D eigenvalue weighted by molar-refractivity contribution is 5.90. The molecule has 2 aliphatic rings. The summed E-state index contributed by atoms with van der Waals surface area (Å²) >= 11 is 0. The minimum absolute atomic E-state index is 0.00629. The molecule has 6 heteroatoms. The van der Waals surface area contributed by atoms with Crippen LogP contribution in [-0.4, -0.2) is 46.3 Å². The summed E-state index contributed by atoms with van der Waals surface area (Å²) in [5.74, 6) is 1.30. The molecule has 0 saturated carbocycles. The van der Waals surface area contributed by atoms with Gasteiger partial charge in [-0.05, 0) is 49.8 Å². The van der Waals surface area contributed by atoms with Crippen LogP contribution in [0.3, 0.4) is 0 Å². The molecular formula is C21H29N3O3. The van der Waals surface area contributed by atoms with E-state index in [4.69, 9.17) is 4.74 Å². The van der Waals surface area contributed by atoms with Crippen molar-refractivity contribution in [2.45, 2.75) is 64.9 Å². The average molecular weight is 371 g/mol. The Morgan fingerprint density at radius 3 is 2.78 bits per heavy atom. The molecule has 4 rings (SSSR count). The van der Waals surface area contributed by atoms with Gasteiger partial charge in [0.05, 0.1) is 25.2 Å². The lowest BCUT2D eigenvalue weighted by Crippen LogP contribution is -2.67. The molecule has 0 spiro atoms. The maximum Gasteiger partial charge on any atom is 0.238 e. The maximum atomic E-state index is 12.8. The average Bonchev–Trinajstić information content (AvgIpc) is 2.96. The highest BCUT2D eigenvalue weighted by Gasteiger charge is 2.47. The number of carbonyl (C=O) groups excluding carboxylic acids is 1. The normalized spacial score (nSPS) is 28.2. The molecular weight excluding hydrogens is 342 g/mol. The number of H-pyrrole nitrogens is 1. The monoisotopic (exact) mass is 371 g/mol. The van der Waals surface area contributed by atoms with Crippen molar-refractivity contribution in [2.75, 3.05) is 7.11 Å². The molecule has 146 valence electrons. The first-order valence-corrected chi connectivity index (χ1v) is 9.76. The zero-order valence-electron chi connectivity index (χ0n) is 16.7. The Kier molecular flexibility index (Phi) is 4.43. The van der Waals surface area contributed by atoms with Gasteiger partial charge in [-0.1, -0.05) is 13.8 Å². The second-order valence-corrected chi connectivity index (χ2v) is 8.41. The van der Waals surface area contributed by atoms with E-state index in [1.165, 1.54) is 5.56 Å². The van der Waals surface area contributed by atoms with Crippen molar-refractivity contribution < 1.29 is 14.6 Å². The molecule has 1 fully saturated rings. The van der Waals surface area contributed by atoms with Gasteiger partial charge in [0.2, 0.25) is 5.91 Å². The maximum absolute atomic E-state index is 12.8. The van der Waals surface area contributed by atoms with Crippen LogP contribution in [0.25, 0.3) is 10.9 Å². The van der Waals surface area contributed by atoms with Crippen LogP contribution < -0.4 is 10.1 Å². The Labute approximate surface area is 159 Å². The van der Waals surface area contributed by atoms with Crippen LogP contribution >= 0.6 is 0 Å². The number of methoxy groups -OCH3 is 1. The van der Waals surface area contributed by atoms with Crippen molar-refractivity contribution in [1.82, 2.24) is 15.2 Å². The van der Waals surface area contributed by atoms with Gasteiger partial charge in [-0.2, -0.15) is 0 Å². The fourth-order valence-corrected chi connectivity index (χ4v) is 4.73. The van der Waals surface area contributed by atoms with Crippen LogP contribution in [0.15, 0.2) is 12.1 Å². The number of benzene rings is 1. The molecule has 2 aromatic rings. The Hall–Kier alpha value is -2.05. The number of rotatable bonds is 3. The number of ether oxygens (including phenoxy) is 1. The van der Waals surface area contributed by atoms with Crippen LogP contribution in [0.2, 0.25) is 0 Å². The SMILES string of the molecule is COc1cc2[nH]c3c(c2cc1C)CC1C(=O)NC(C)C(O)N1C3CC(C)C. The second-order valence-electron chi connectivity index (χ2n) is 8.41. The number of carbonyl (C=O) groups is 1. The van der Waals surface area contributed by atoms with Gasteiger partial charge in [-0.25, -0.2) is 0 Å². The first-order chi connectivity index (χ1) is 12.8. The van der Waals surface area contributed by atoms with E-state index in [1.807, 2.05) is 24.8 Å². The van der Waals surface area contributed by atoms with E-state index in [2.05, 4.69) is 30.2 Å². The van der Waals surface area contributed by atoms with Crippen LogP contribution in [0.1, 0.15) is 50.1 Å². The van der Waals surface area contributed by atoms with Crippen LogP contribution in [0, 0.1) is 12.8 Å². The van der Waals surface area contributed by atoms with Crippen LogP contribution in [0.5, 0.6) is 5.75 Å². The van der Waals surface area contributed by atoms with E-state index in [-0.39, 0.29) is 24.0 Å². The van der Waals surface area contributed by atoms with E-state index >= 15 is 0 Å². The predicted octanol–water partition coefficient (Wildman–Crippen LogP) is 2.64. The number of hydrogen-bond donors (Lipinski definition) is 3. The Morgan fingerprint density at radius 2 is 2.11 bits per heavy atom. The molecule has 3 N–H and O–H groups in total. The van der Waals surface area contributed by atoms with Crippen LogP contribution in [0.4, 0.5) is 0 Å². The molecule has 0 aliphatic carbocycles. The number of hydrogen-bond acceptors (Lipinski definition) is 4. The van der Waals surface area contributed by atoms with Crippen LogP contribution in [-0.2, 0) is 11.2 Å². The summed E-state index contributed by atoms with van der Waals surface area (Å²) in [6.45, 7) is 8.26. The second kappa shape index (κ2) is 6.53. The zero-order chi connectivity index (χ0) is 19.5. The summed E-state index contributed by atoms with van der Waals surface area (Å²) in [7, 11) is 1.68. The van der Waals surface area contributed by atoms with Crippen molar-refractivity contribution in [1.29, 1.82) is 0 Å². The van der Waals surface area contributed by atoms with E-state index in [9.17, 15) is 9.90 Å². The van der Waals surface area contributed by atoms with Gasteiger partial charge in [0.15, 0.2) is 0 Å². The highest BCUT2D eigenvalue weighted by Crippen LogP contribution is 2.43. The van der Waals surface area contributed by atoms with Crippen molar-refractivity contribution in [3.63, 3.8) is 0 Å². The quantitative estimate of drug-likeness (QED) is 0.775. The molecule has 1 aromatic heterocycles. The number of aryl methyl sites for hydroxylation is 1. The predicted molar refractivity (Wildman–Crippen MR) is 105 cm³/mol. The van der Waals surface area contributed by atoms with Gasteiger partial charge in [-0.15, -0.1) is 0 Å². The Bertz CT molecular complexity index is 888. The number of piperazine rings is 1. The lowest BCUT2D eigenvalue weighted by Gasteiger charge is -2.49. The summed E-state index contributed by atoms with van der Waals surface area (Å²) in [6.07, 6.45) is 0.793. The van der Waals surface area contributed by atoms with Gasteiger partial charge >= 0.3 is 0 Å². The molecule has 2 aliphatic heterocycles. The van der Waals surface area contributed by atoms with Crippen molar-refractivity contribution in [3.8, 4) is 5.75 Å². The van der Waals surface area contributed by atoms with E-state index in [0.717, 1.165) is 34.3 Å². The summed E-state index contributed by atoms with van der Waals surface area (Å²) in [4.78, 5) is 18.4. The highest BCUT2D eigenvalue weighted by atomic mass is 16.5. The lowest BCUT2D eigenvalue weighted by molar-refractivity contribution is -0.153. The fourth-order valence-electron chi connectivity index (χ4n) is 4.73. The molecule has 1 aromatic carbocycles. The minimum Gasteiger partial charge on any atom is -0.496 e. The molecule has 4 unspecified atom stereocenters. The number of nitrogens with zero attached hydrogens (tertiary/aromatic N) is 1. The third-order valence-electron chi connectivity index (χ3n) is 6.02. The summed E-state index contributed by atoms with van der Waals surface area (Å²) in [5.41, 5.74) is 4.43. The topological polar surface area (TPSA) is 77.6 Å². The molecule has 0 radical (unpaired) electrons. The summed E-state index contributed by atoms with van der Waals surface area (Å²) < 4.78 is 5.48. The number of aliphatic hydroxyl groups excluding tert-OH is 1. The van der Waals surface area contributed by atoms with Crippen molar-refractivity contribution >= 4 is 16.8 Å². The lowest BCUT2D eigenvalue weighted by atomic mass is 9.85. The van der Waals surface area contributed by atoms with E-state index < -0.39 is 6.23 Å². The van der Waals surface area contributed by atoms with Gasteiger partial charge in [0.1, 0.15) is 12.0 Å². The van der Waals surface area contributed by atoms with E-state index in [0.29, 0.717) is 12.3 Å². The molecule has 6 nitrogen and oxygen atoms in total. The Morgan fingerprint density at radius 1 is 1.37 bits per heavy atom. The zero-order valence-corrected chi connectivity index (χ0v) is 16.7. The number of aromatic amines is 1. The molecule has 27 heavy (non-hydrogen) atoms. The number of aromatic nitrogens is 1.